The number of likely N-dealkylation sites (tertiary alicyclic amines) is 1. The second-order valence-electron chi connectivity index (χ2n) is 18.9. The van der Waals surface area contributed by atoms with Crippen LogP contribution in [-0.2, 0) is 62.4 Å². The number of nitrogens with zero attached hydrogens (tertiary/aromatic N) is 3. The van der Waals surface area contributed by atoms with E-state index < -0.39 is 120 Å². The van der Waals surface area contributed by atoms with E-state index in [0.29, 0.717) is 29.7 Å². The van der Waals surface area contributed by atoms with Crippen LogP contribution in [0.1, 0.15) is 83.0 Å². The number of aliphatic imine (C=N–C) groups is 1. The molecule has 1 aromatic heterocycles. The lowest BCUT2D eigenvalue weighted by molar-refractivity contribution is -0.145. The van der Waals surface area contributed by atoms with Gasteiger partial charge in [0, 0.05) is 44.2 Å². The number of guanidine groups is 1. The Kier molecular flexibility index (Phi) is 23.0. The lowest BCUT2D eigenvalue weighted by Crippen LogP contribution is -2.62. The van der Waals surface area contributed by atoms with Crippen LogP contribution >= 0.6 is 0 Å². The molecule has 25 nitrogen and oxygen atoms in total. The minimum atomic E-state index is -1.51. The average Bonchev–Trinajstić information content (AvgIpc) is 4.08. The molecule has 75 heavy (non-hydrogen) atoms. The van der Waals surface area contributed by atoms with Crippen LogP contribution in [-0.4, -0.2) is 151 Å². The first-order chi connectivity index (χ1) is 35.6. The van der Waals surface area contributed by atoms with Gasteiger partial charge < -0.3 is 74.3 Å². The van der Waals surface area contributed by atoms with Crippen LogP contribution in [0.15, 0.2) is 72.1 Å². The van der Waals surface area contributed by atoms with Crippen molar-refractivity contribution in [1.82, 2.24) is 46.8 Å². The number of phenols is 1. The first-order valence-corrected chi connectivity index (χ1v) is 24.8. The zero-order chi connectivity index (χ0) is 55.4. The van der Waals surface area contributed by atoms with E-state index in [4.69, 9.17) is 17.2 Å². The van der Waals surface area contributed by atoms with Gasteiger partial charge in [-0.2, -0.15) is 0 Å². The van der Waals surface area contributed by atoms with Gasteiger partial charge in [0.2, 0.25) is 41.4 Å². The van der Waals surface area contributed by atoms with Crippen molar-refractivity contribution in [1.29, 1.82) is 0 Å². The lowest BCUT2D eigenvalue weighted by atomic mass is 9.96. The minimum Gasteiger partial charge on any atom is -0.508 e. The van der Waals surface area contributed by atoms with Crippen LogP contribution in [0.5, 0.6) is 5.75 Å². The molecule has 0 saturated carbocycles. The smallest absolute Gasteiger partial charge is 0.326 e. The van der Waals surface area contributed by atoms with Gasteiger partial charge in [-0.05, 0) is 60.8 Å². The van der Waals surface area contributed by atoms with Crippen LogP contribution in [0.25, 0.3) is 0 Å². The lowest BCUT2D eigenvalue weighted by Gasteiger charge is -2.32. The van der Waals surface area contributed by atoms with E-state index >= 15 is 0 Å². The van der Waals surface area contributed by atoms with Crippen molar-refractivity contribution < 1.29 is 58.5 Å². The number of hydrogen-bond donors (Lipinski definition) is 13. The van der Waals surface area contributed by atoms with E-state index in [1.807, 2.05) is 0 Å². The minimum absolute atomic E-state index is 0.00211. The zero-order valence-electron chi connectivity index (χ0n) is 42.5. The first kappa shape index (κ1) is 59.5. The molecule has 0 unspecified atom stereocenters. The number of benzene rings is 2. The standard InChI is InChI=1S/C50H71N13O12/c1-5-28(4)41(47(72)59-36(23-31-25-54-26-56-31)48(73)63-20-10-14-38(63)45(70)60-37(49(74)75)22-29-11-7-6-8-12-29)62-44(69)35(21-30-15-17-32(64)18-16-30)58-46(71)40(27(2)3)61-43(68)34(13-9-19-55-50(52)53)57-42(67)33(51)24-39(65)66/h6-8,11-12,15-18,25-28,33-38,40-41,64H,5,9-10,13-14,19-24,51H2,1-4H3,(H,54,56)(H,57,67)(H,58,71)(H,59,72)(H,60,70)(H,61,68)(H,62,69)(H,65,66)(H,74,75)(H4,52,53,55)/t28-,33+,34-,35-,36-,37-,38-,40-,41-/m0/s1. The fraction of sp³-hybridized carbons (Fsp3) is 0.500. The van der Waals surface area contributed by atoms with Gasteiger partial charge >= 0.3 is 11.9 Å². The average molecular weight is 1050 g/mol. The maximum atomic E-state index is 14.6. The van der Waals surface area contributed by atoms with Crippen molar-refractivity contribution in [3.8, 4) is 5.75 Å². The Morgan fingerprint density at radius 1 is 0.747 bits per heavy atom. The third-order valence-corrected chi connectivity index (χ3v) is 12.7. The number of aromatic nitrogens is 2. The predicted molar refractivity (Wildman–Crippen MR) is 273 cm³/mol. The molecule has 0 aliphatic carbocycles. The number of carboxylic acid groups (broad SMARTS) is 2. The van der Waals surface area contributed by atoms with Gasteiger partial charge in [0.25, 0.3) is 0 Å². The van der Waals surface area contributed by atoms with Crippen molar-refractivity contribution in [3.63, 3.8) is 0 Å². The first-order valence-electron chi connectivity index (χ1n) is 24.8. The number of hydrogen-bond acceptors (Lipinski definition) is 13. The summed E-state index contributed by atoms with van der Waals surface area (Å²) >= 11 is 0. The van der Waals surface area contributed by atoms with Crippen LogP contribution in [0.4, 0.5) is 0 Å². The monoisotopic (exact) mass is 1050 g/mol. The maximum Gasteiger partial charge on any atom is 0.326 e. The van der Waals surface area contributed by atoms with Gasteiger partial charge in [-0.25, -0.2) is 9.78 Å². The summed E-state index contributed by atoms with van der Waals surface area (Å²) < 4.78 is 0. The molecule has 0 spiro atoms. The van der Waals surface area contributed by atoms with Gasteiger partial charge in [0.1, 0.15) is 48.0 Å². The van der Waals surface area contributed by atoms with Gasteiger partial charge in [-0.1, -0.05) is 76.6 Å². The van der Waals surface area contributed by atoms with E-state index in [0.717, 1.165) is 0 Å². The molecule has 1 fully saturated rings. The molecule has 408 valence electrons. The predicted octanol–water partition coefficient (Wildman–Crippen LogP) is -1.31. The molecular weight excluding hydrogens is 975 g/mol. The van der Waals surface area contributed by atoms with Crippen molar-refractivity contribution in [2.45, 2.75) is 134 Å². The van der Waals surface area contributed by atoms with Crippen molar-refractivity contribution in [2.75, 3.05) is 13.1 Å². The zero-order valence-corrected chi connectivity index (χ0v) is 42.5. The Morgan fingerprint density at radius 2 is 1.35 bits per heavy atom. The second kappa shape index (κ2) is 29.0. The molecule has 25 heteroatoms. The molecule has 0 radical (unpaired) electrons. The summed E-state index contributed by atoms with van der Waals surface area (Å²) in [5, 5.41) is 45.1. The number of imidazole rings is 1. The SMILES string of the molecule is CC[C@H](C)[C@H](NC(=O)[C@H](Cc1ccc(O)cc1)NC(=O)[C@@H](NC(=O)[C@H](CCCN=C(N)N)NC(=O)[C@H](N)CC(=O)O)C(C)C)C(=O)N[C@@H](Cc1cnc[nH]1)C(=O)N1CCC[C@H]1C(=O)N[C@@H](Cc1ccccc1)C(=O)O. The molecule has 1 aliphatic rings. The highest BCUT2D eigenvalue weighted by Gasteiger charge is 2.41. The molecule has 0 bridgehead atoms. The highest BCUT2D eigenvalue weighted by atomic mass is 16.4. The Labute approximate surface area is 434 Å². The Morgan fingerprint density at radius 3 is 1.95 bits per heavy atom. The fourth-order valence-electron chi connectivity index (χ4n) is 8.31. The molecule has 2 aromatic carbocycles. The van der Waals surface area contributed by atoms with Crippen LogP contribution in [0, 0.1) is 11.8 Å². The summed E-state index contributed by atoms with van der Waals surface area (Å²) in [6, 6.07) is 3.95. The van der Waals surface area contributed by atoms with E-state index in [1.54, 1.807) is 58.0 Å². The number of carboxylic acids is 2. The number of phenolic OH excluding ortho intramolecular Hbond substituents is 1. The molecule has 7 amide bonds. The number of carbonyl (C=O) groups is 9. The van der Waals surface area contributed by atoms with Gasteiger partial charge in [0.05, 0.1) is 18.8 Å². The van der Waals surface area contributed by atoms with Crippen LogP contribution in [0.3, 0.4) is 0 Å². The number of aliphatic carboxylic acids is 2. The highest BCUT2D eigenvalue weighted by Crippen LogP contribution is 2.21. The summed E-state index contributed by atoms with van der Waals surface area (Å²) in [6.45, 7) is 6.90. The Balaban J connectivity index is 1.59. The number of aromatic amines is 1. The number of carbonyl (C=O) groups excluding carboxylic acids is 7. The van der Waals surface area contributed by atoms with Gasteiger partial charge in [0.15, 0.2) is 5.96 Å². The number of nitrogens with two attached hydrogens (primary N) is 3. The molecule has 4 rings (SSSR count). The van der Waals surface area contributed by atoms with Gasteiger partial charge in [-0.3, -0.25) is 43.3 Å². The topological polar surface area (TPSA) is 409 Å². The van der Waals surface area contributed by atoms with E-state index in [1.165, 1.54) is 41.7 Å². The molecule has 3 aromatic rings. The molecule has 2 heterocycles. The fourth-order valence-corrected chi connectivity index (χ4v) is 8.31. The number of H-pyrrole nitrogens is 1. The summed E-state index contributed by atoms with van der Waals surface area (Å²) in [7, 11) is 0. The number of nitrogens with one attached hydrogen (secondary N) is 7. The summed E-state index contributed by atoms with van der Waals surface area (Å²) in [6.07, 6.45) is 2.92. The van der Waals surface area contributed by atoms with Crippen LogP contribution in [0.2, 0.25) is 0 Å². The normalized spacial score (nSPS) is 16.3. The Hall–Kier alpha value is -8.09. The number of aromatic hydroxyl groups is 1. The van der Waals surface area contributed by atoms with E-state index in [9.17, 15) is 58.5 Å². The number of rotatable bonds is 29. The number of amides is 7. The summed E-state index contributed by atoms with van der Waals surface area (Å²) in [5.41, 5.74) is 18.2. The molecule has 1 saturated heterocycles. The van der Waals surface area contributed by atoms with Gasteiger partial charge in [-0.15, -0.1) is 0 Å². The summed E-state index contributed by atoms with van der Waals surface area (Å²) in [4.78, 5) is 134. The molecule has 9 atom stereocenters. The molecule has 1 aliphatic heterocycles. The van der Waals surface area contributed by atoms with Crippen molar-refractivity contribution in [2.24, 2.45) is 34.0 Å². The Bertz CT molecular complexity index is 2450. The maximum absolute atomic E-state index is 14.6. The van der Waals surface area contributed by atoms with Crippen molar-refractivity contribution in [3.05, 3.63) is 83.9 Å². The molecule has 16 N–H and O–H groups in total. The quantitative estimate of drug-likeness (QED) is 0.0218. The second-order valence-corrected chi connectivity index (χ2v) is 18.9. The molecular formula is C50H71N13O12. The summed E-state index contributed by atoms with van der Waals surface area (Å²) in [5.74, 6) is -9.64. The van der Waals surface area contributed by atoms with E-state index in [-0.39, 0.29) is 63.3 Å². The third-order valence-electron chi connectivity index (χ3n) is 12.7. The highest BCUT2D eigenvalue weighted by molar-refractivity contribution is 5.98. The van der Waals surface area contributed by atoms with Crippen LogP contribution < -0.4 is 49.1 Å². The largest absolute Gasteiger partial charge is 0.508 e. The van der Waals surface area contributed by atoms with E-state index in [2.05, 4.69) is 46.9 Å². The third kappa shape index (κ3) is 18.7. The van der Waals surface area contributed by atoms with Crippen molar-refractivity contribution >= 4 is 59.2 Å².